The zero-order valence-corrected chi connectivity index (χ0v) is 12.9. The number of carbonyl (C=O) groups is 1. The van der Waals surface area contributed by atoms with Gasteiger partial charge in [-0.05, 0) is 50.3 Å². The van der Waals surface area contributed by atoms with Gasteiger partial charge in [-0.1, -0.05) is 24.1 Å². The van der Waals surface area contributed by atoms with Crippen molar-refractivity contribution >= 4 is 5.91 Å². The molecule has 1 heterocycles. The Morgan fingerprint density at radius 3 is 2.45 bits per heavy atom. The van der Waals surface area contributed by atoms with Crippen LogP contribution < -0.4 is 5.73 Å². The Balaban J connectivity index is 2.15. The third-order valence-electron chi connectivity index (χ3n) is 4.20. The van der Waals surface area contributed by atoms with E-state index in [9.17, 15) is 4.79 Å². The van der Waals surface area contributed by atoms with Crippen molar-refractivity contribution in [3.63, 3.8) is 0 Å². The molecule has 1 atom stereocenters. The molecule has 1 aromatic carbocycles. The Morgan fingerprint density at radius 1 is 1.15 bits per heavy atom. The lowest BCUT2D eigenvalue weighted by Crippen LogP contribution is -2.37. The highest BCUT2D eigenvalue weighted by molar-refractivity contribution is 5.76. The van der Waals surface area contributed by atoms with E-state index in [0.29, 0.717) is 13.0 Å². The first-order valence-corrected chi connectivity index (χ1v) is 7.60. The predicted molar refractivity (Wildman–Crippen MR) is 82.6 cm³/mol. The number of hydrogen-bond acceptors (Lipinski definition) is 2. The zero-order valence-electron chi connectivity index (χ0n) is 12.9. The monoisotopic (exact) mass is 274 g/mol. The van der Waals surface area contributed by atoms with Crippen LogP contribution in [-0.2, 0) is 4.79 Å². The third kappa shape index (κ3) is 3.40. The van der Waals surface area contributed by atoms with Gasteiger partial charge in [-0.15, -0.1) is 0 Å². The Kier molecular flexibility index (Phi) is 4.81. The maximum Gasteiger partial charge on any atom is 0.222 e. The number of aryl methyl sites for hydroxylation is 3. The SMILES string of the molecule is Cc1cc(C)c(C(N)CN2CCCCCC2=O)c(C)c1. The fraction of sp³-hybridized carbons (Fsp3) is 0.588. The molecular weight excluding hydrogens is 248 g/mol. The quantitative estimate of drug-likeness (QED) is 0.921. The Morgan fingerprint density at radius 2 is 1.80 bits per heavy atom. The summed E-state index contributed by atoms with van der Waals surface area (Å²) in [4.78, 5) is 14.0. The molecule has 2 rings (SSSR count). The maximum absolute atomic E-state index is 12.1. The van der Waals surface area contributed by atoms with Gasteiger partial charge >= 0.3 is 0 Å². The van der Waals surface area contributed by atoms with Crippen LogP contribution in [0.4, 0.5) is 0 Å². The van der Waals surface area contributed by atoms with Crippen LogP contribution in [0.3, 0.4) is 0 Å². The lowest BCUT2D eigenvalue weighted by atomic mass is 9.94. The first kappa shape index (κ1) is 15.0. The third-order valence-corrected chi connectivity index (χ3v) is 4.20. The van der Waals surface area contributed by atoms with Crippen molar-refractivity contribution in [1.29, 1.82) is 0 Å². The molecule has 1 fully saturated rings. The van der Waals surface area contributed by atoms with Crippen LogP contribution in [0.1, 0.15) is 54.0 Å². The minimum Gasteiger partial charge on any atom is -0.341 e. The van der Waals surface area contributed by atoms with Crippen molar-refractivity contribution < 1.29 is 4.79 Å². The van der Waals surface area contributed by atoms with Gasteiger partial charge in [-0.25, -0.2) is 0 Å². The highest BCUT2D eigenvalue weighted by Gasteiger charge is 2.21. The summed E-state index contributed by atoms with van der Waals surface area (Å²) in [5.41, 5.74) is 11.3. The van der Waals surface area contributed by atoms with E-state index in [1.165, 1.54) is 22.3 Å². The van der Waals surface area contributed by atoms with Gasteiger partial charge in [0.05, 0.1) is 0 Å². The molecule has 0 aromatic heterocycles. The molecule has 2 N–H and O–H groups in total. The Labute approximate surface area is 122 Å². The van der Waals surface area contributed by atoms with Gasteiger partial charge < -0.3 is 10.6 Å². The van der Waals surface area contributed by atoms with E-state index >= 15 is 0 Å². The van der Waals surface area contributed by atoms with Crippen LogP contribution in [0, 0.1) is 20.8 Å². The fourth-order valence-electron chi connectivity index (χ4n) is 3.34. The molecule has 0 radical (unpaired) electrons. The molecule has 0 aliphatic carbocycles. The summed E-state index contributed by atoms with van der Waals surface area (Å²) in [6.45, 7) is 7.83. The number of likely N-dealkylation sites (tertiary alicyclic amines) is 1. The van der Waals surface area contributed by atoms with E-state index in [1.807, 2.05) is 4.90 Å². The number of rotatable bonds is 3. The van der Waals surface area contributed by atoms with Gasteiger partial charge in [-0.2, -0.15) is 0 Å². The summed E-state index contributed by atoms with van der Waals surface area (Å²) in [5.74, 6) is 0.264. The molecule has 1 amide bonds. The number of nitrogens with two attached hydrogens (primary N) is 1. The number of amides is 1. The molecule has 0 bridgehead atoms. The molecule has 1 aromatic rings. The minimum atomic E-state index is -0.0855. The molecule has 0 spiro atoms. The molecule has 1 aliphatic rings. The van der Waals surface area contributed by atoms with Gasteiger partial charge in [0.1, 0.15) is 0 Å². The van der Waals surface area contributed by atoms with E-state index in [2.05, 4.69) is 32.9 Å². The largest absolute Gasteiger partial charge is 0.341 e. The van der Waals surface area contributed by atoms with E-state index in [4.69, 9.17) is 5.73 Å². The molecule has 1 aliphatic heterocycles. The lowest BCUT2D eigenvalue weighted by molar-refractivity contribution is -0.130. The molecule has 3 nitrogen and oxygen atoms in total. The number of carbonyl (C=O) groups excluding carboxylic acids is 1. The summed E-state index contributed by atoms with van der Waals surface area (Å²) in [6, 6.07) is 4.26. The summed E-state index contributed by atoms with van der Waals surface area (Å²) in [5, 5.41) is 0. The Bertz CT molecular complexity index is 473. The normalized spacial score (nSPS) is 18.0. The molecule has 1 saturated heterocycles. The van der Waals surface area contributed by atoms with Crippen LogP contribution >= 0.6 is 0 Å². The highest BCUT2D eigenvalue weighted by Crippen LogP contribution is 2.24. The molecule has 110 valence electrons. The number of benzene rings is 1. The van der Waals surface area contributed by atoms with Crippen LogP contribution in [0.25, 0.3) is 0 Å². The predicted octanol–water partition coefficient (Wildman–Crippen LogP) is 3.01. The average Bonchev–Trinajstić information content (AvgIpc) is 2.53. The maximum atomic E-state index is 12.1. The van der Waals surface area contributed by atoms with Crippen LogP contribution in [0.15, 0.2) is 12.1 Å². The van der Waals surface area contributed by atoms with E-state index in [0.717, 1.165) is 25.8 Å². The van der Waals surface area contributed by atoms with Gasteiger partial charge in [0.15, 0.2) is 0 Å². The van der Waals surface area contributed by atoms with Crippen molar-refractivity contribution in [2.75, 3.05) is 13.1 Å². The second-order valence-electron chi connectivity index (χ2n) is 6.07. The lowest BCUT2D eigenvalue weighted by Gasteiger charge is -2.26. The first-order valence-electron chi connectivity index (χ1n) is 7.60. The molecule has 20 heavy (non-hydrogen) atoms. The number of nitrogens with zero attached hydrogens (tertiary/aromatic N) is 1. The average molecular weight is 274 g/mol. The topological polar surface area (TPSA) is 46.3 Å². The van der Waals surface area contributed by atoms with Crippen molar-refractivity contribution in [3.05, 3.63) is 34.4 Å². The minimum absolute atomic E-state index is 0.0855. The van der Waals surface area contributed by atoms with Crippen molar-refractivity contribution in [2.45, 2.75) is 52.5 Å². The number of hydrogen-bond donors (Lipinski definition) is 1. The molecule has 3 heteroatoms. The van der Waals surface area contributed by atoms with E-state index in [1.54, 1.807) is 0 Å². The fourth-order valence-corrected chi connectivity index (χ4v) is 3.34. The second-order valence-corrected chi connectivity index (χ2v) is 6.07. The van der Waals surface area contributed by atoms with Crippen LogP contribution in [0.2, 0.25) is 0 Å². The van der Waals surface area contributed by atoms with E-state index in [-0.39, 0.29) is 11.9 Å². The van der Waals surface area contributed by atoms with Crippen molar-refractivity contribution in [3.8, 4) is 0 Å². The smallest absolute Gasteiger partial charge is 0.222 e. The van der Waals surface area contributed by atoms with Gasteiger partial charge in [0, 0.05) is 25.6 Å². The Hall–Kier alpha value is -1.35. The zero-order chi connectivity index (χ0) is 14.7. The van der Waals surface area contributed by atoms with Gasteiger partial charge in [-0.3, -0.25) is 4.79 Å². The van der Waals surface area contributed by atoms with E-state index < -0.39 is 0 Å². The standard InChI is InChI=1S/C17H26N2O/c1-12-9-13(2)17(14(3)10-12)15(18)11-19-8-6-4-5-7-16(19)20/h9-10,15H,4-8,11,18H2,1-3H3. The summed E-state index contributed by atoms with van der Waals surface area (Å²) >= 11 is 0. The van der Waals surface area contributed by atoms with Gasteiger partial charge in [0.25, 0.3) is 0 Å². The summed E-state index contributed by atoms with van der Waals surface area (Å²) in [6.07, 6.45) is 3.95. The summed E-state index contributed by atoms with van der Waals surface area (Å²) in [7, 11) is 0. The van der Waals surface area contributed by atoms with Gasteiger partial charge in [0.2, 0.25) is 5.91 Å². The molecule has 0 saturated carbocycles. The van der Waals surface area contributed by atoms with Crippen molar-refractivity contribution in [1.82, 2.24) is 4.90 Å². The van der Waals surface area contributed by atoms with Crippen LogP contribution in [0.5, 0.6) is 0 Å². The van der Waals surface area contributed by atoms with Crippen LogP contribution in [-0.4, -0.2) is 23.9 Å². The second kappa shape index (κ2) is 6.40. The molecule has 1 unspecified atom stereocenters. The highest BCUT2D eigenvalue weighted by atomic mass is 16.2. The molecular formula is C17H26N2O. The van der Waals surface area contributed by atoms with Crippen molar-refractivity contribution in [2.24, 2.45) is 5.73 Å². The summed E-state index contributed by atoms with van der Waals surface area (Å²) < 4.78 is 0. The first-order chi connectivity index (χ1) is 9.49.